The second-order valence-corrected chi connectivity index (χ2v) is 8.13. The molecule has 0 atom stereocenters. The van der Waals surface area contributed by atoms with Crippen LogP contribution < -0.4 is 11.1 Å². The topological polar surface area (TPSA) is 85.8 Å². The van der Waals surface area contributed by atoms with E-state index in [1.165, 1.54) is 11.9 Å². The Kier molecular flexibility index (Phi) is 5.01. The molecule has 0 aliphatic heterocycles. The number of carbonyl (C=O) groups excluding carboxylic acids is 1. The highest BCUT2D eigenvalue weighted by molar-refractivity contribution is 6.30. The van der Waals surface area contributed by atoms with Gasteiger partial charge in [-0.05, 0) is 61.2 Å². The van der Waals surface area contributed by atoms with Gasteiger partial charge in [-0.15, -0.1) is 0 Å². The van der Waals surface area contributed by atoms with Gasteiger partial charge in [0, 0.05) is 27.7 Å². The predicted octanol–water partition coefficient (Wildman–Crippen LogP) is 4.60. The van der Waals surface area contributed by atoms with E-state index in [0.29, 0.717) is 11.5 Å². The van der Waals surface area contributed by atoms with Gasteiger partial charge in [-0.1, -0.05) is 11.6 Å². The average molecular weight is 454 g/mol. The molecular weight excluding hydrogens is 436 g/mol. The molecule has 9 heteroatoms. The molecule has 0 bridgehead atoms. The summed E-state index contributed by atoms with van der Waals surface area (Å²) < 4.78 is 30.0. The SMILES string of the molecule is Nc1ncnc2c3c(n(-c4ccc(NC(=O)Cc5c(F)cc(Cl)cc5F)cc4)c12)CCC3. The standard InChI is InChI=1S/C23H18ClF2N5O/c24-12-8-17(25)16(18(26)9-12)10-20(32)30-13-4-6-14(7-5-13)31-19-3-1-2-15(19)21-22(31)23(27)29-11-28-21/h4-9,11H,1-3,10H2,(H,30,32)(H2,27,28,29). The van der Waals surface area contributed by atoms with E-state index in [2.05, 4.69) is 19.9 Å². The van der Waals surface area contributed by atoms with Crippen LogP contribution in [0.15, 0.2) is 42.7 Å². The summed E-state index contributed by atoms with van der Waals surface area (Å²) in [6.45, 7) is 0. The van der Waals surface area contributed by atoms with Crippen molar-refractivity contribution in [2.45, 2.75) is 25.7 Å². The minimum Gasteiger partial charge on any atom is -0.382 e. The summed E-state index contributed by atoms with van der Waals surface area (Å²) in [6.07, 6.45) is 3.95. The van der Waals surface area contributed by atoms with Gasteiger partial charge in [-0.3, -0.25) is 4.79 Å². The molecule has 4 aromatic rings. The van der Waals surface area contributed by atoms with Gasteiger partial charge in [0.1, 0.15) is 23.5 Å². The zero-order valence-corrected chi connectivity index (χ0v) is 17.6. The molecule has 1 aliphatic carbocycles. The third-order valence-corrected chi connectivity index (χ3v) is 5.89. The first-order valence-electron chi connectivity index (χ1n) is 10.1. The van der Waals surface area contributed by atoms with Gasteiger partial charge >= 0.3 is 0 Å². The number of halogens is 3. The molecule has 2 heterocycles. The fourth-order valence-corrected chi connectivity index (χ4v) is 4.48. The molecule has 0 radical (unpaired) electrons. The molecule has 162 valence electrons. The van der Waals surface area contributed by atoms with E-state index in [4.69, 9.17) is 17.3 Å². The van der Waals surface area contributed by atoms with Crippen molar-refractivity contribution >= 4 is 40.0 Å². The molecule has 3 N–H and O–H groups in total. The molecule has 1 amide bonds. The number of anilines is 2. The second-order valence-electron chi connectivity index (χ2n) is 7.69. The van der Waals surface area contributed by atoms with Crippen LogP contribution in [0.1, 0.15) is 23.2 Å². The van der Waals surface area contributed by atoms with Crippen molar-refractivity contribution in [1.82, 2.24) is 14.5 Å². The molecular formula is C23H18ClF2N5O. The molecule has 1 aliphatic rings. The number of nitrogens with one attached hydrogen (secondary N) is 1. The summed E-state index contributed by atoms with van der Waals surface area (Å²) in [5.74, 6) is -1.83. The third-order valence-electron chi connectivity index (χ3n) is 5.67. The zero-order chi connectivity index (χ0) is 22.4. The fourth-order valence-electron chi connectivity index (χ4n) is 4.28. The Morgan fingerprint density at radius 2 is 1.84 bits per heavy atom. The average Bonchev–Trinajstić information content (AvgIpc) is 3.33. The lowest BCUT2D eigenvalue weighted by Gasteiger charge is -2.12. The largest absolute Gasteiger partial charge is 0.382 e. The van der Waals surface area contributed by atoms with E-state index in [1.54, 1.807) is 12.1 Å². The Bertz CT molecular complexity index is 1340. The minimum atomic E-state index is -0.853. The number of aryl methyl sites for hydroxylation is 1. The zero-order valence-electron chi connectivity index (χ0n) is 16.8. The van der Waals surface area contributed by atoms with Gasteiger partial charge in [0.2, 0.25) is 5.91 Å². The minimum absolute atomic E-state index is 0.0604. The Hall–Kier alpha value is -3.52. The van der Waals surface area contributed by atoms with Gasteiger partial charge in [0.15, 0.2) is 5.82 Å². The van der Waals surface area contributed by atoms with Crippen LogP contribution in [0, 0.1) is 11.6 Å². The first kappa shape index (κ1) is 20.4. The van der Waals surface area contributed by atoms with Crippen LogP contribution in [-0.4, -0.2) is 20.4 Å². The lowest BCUT2D eigenvalue weighted by molar-refractivity contribution is -0.115. The van der Waals surface area contributed by atoms with Crippen LogP contribution in [0.2, 0.25) is 5.02 Å². The predicted molar refractivity (Wildman–Crippen MR) is 119 cm³/mol. The smallest absolute Gasteiger partial charge is 0.229 e. The maximum absolute atomic E-state index is 14.0. The normalized spacial score (nSPS) is 12.8. The molecule has 0 unspecified atom stereocenters. The number of fused-ring (bicyclic) bond motifs is 3. The van der Waals surface area contributed by atoms with E-state index in [0.717, 1.165) is 53.8 Å². The second kappa shape index (κ2) is 7.87. The molecule has 0 fully saturated rings. The lowest BCUT2D eigenvalue weighted by Crippen LogP contribution is -2.16. The van der Waals surface area contributed by atoms with Crippen LogP contribution in [-0.2, 0) is 24.1 Å². The number of nitrogens with two attached hydrogens (primary N) is 1. The van der Waals surface area contributed by atoms with E-state index >= 15 is 0 Å². The fraction of sp³-hybridized carbons (Fsp3) is 0.174. The highest BCUT2D eigenvalue weighted by Crippen LogP contribution is 2.36. The van der Waals surface area contributed by atoms with Crippen molar-refractivity contribution in [2.24, 2.45) is 0 Å². The van der Waals surface area contributed by atoms with Gasteiger partial charge in [-0.25, -0.2) is 18.7 Å². The maximum atomic E-state index is 14.0. The molecule has 0 spiro atoms. The molecule has 32 heavy (non-hydrogen) atoms. The number of carbonyl (C=O) groups is 1. The molecule has 2 aromatic heterocycles. The van der Waals surface area contributed by atoms with Crippen molar-refractivity contribution < 1.29 is 13.6 Å². The summed E-state index contributed by atoms with van der Waals surface area (Å²) in [4.78, 5) is 20.9. The van der Waals surface area contributed by atoms with Gasteiger partial charge in [-0.2, -0.15) is 0 Å². The molecule has 5 rings (SSSR count). The van der Waals surface area contributed by atoms with E-state index in [1.807, 2.05) is 12.1 Å². The number of aromatic nitrogens is 3. The highest BCUT2D eigenvalue weighted by atomic mass is 35.5. The first-order valence-corrected chi connectivity index (χ1v) is 10.5. The number of amides is 1. The van der Waals surface area contributed by atoms with E-state index in [-0.39, 0.29) is 10.6 Å². The van der Waals surface area contributed by atoms with Crippen molar-refractivity contribution in [1.29, 1.82) is 0 Å². The number of benzene rings is 2. The van der Waals surface area contributed by atoms with Gasteiger partial charge in [0.25, 0.3) is 0 Å². The molecule has 0 saturated carbocycles. The van der Waals surface area contributed by atoms with Crippen LogP contribution in [0.3, 0.4) is 0 Å². The maximum Gasteiger partial charge on any atom is 0.229 e. The van der Waals surface area contributed by atoms with Crippen molar-refractivity contribution in [3.8, 4) is 5.69 Å². The first-order chi connectivity index (χ1) is 15.4. The number of nitrogens with zero attached hydrogens (tertiary/aromatic N) is 3. The van der Waals surface area contributed by atoms with Crippen LogP contribution in [0.25, 0.3) is 16.7 Å². The number of hydrogen-bond donors (Lipinski definition) is 2. The monoisotopic (exact) mass is 453 g/mol. The Labute approximate surface area is 187 Å². The Balaban J connectivity index is 1.41. The summed E-state index contributed by atoms with van der Waals surface area (Å²) in [7, 11) is 0. The van der Waals surface area contributed by atoms with Crippen LogP contribution >= 0.6 is 11.6 Å². The third kappa shape index (κ3) is 3.46. The van der Waals surface area contributed by atoms with Crippen molar-refractivity contribution in [3.63, 3.8) is 0 Å². The summed E-state index contributed by atoms with van der Waals surface area (Å²) in [5, 5.41) is 2.61. The van der Waals surface area contributed by atoms with Crippen molar-refractivity contribution in [2.75, 3.05) is 11.1 Å². The van der Waals surface area contributed by atoms with Gasteiger partial charge < -0.3 is 15.6 Å². The number of nitrogen functional groups attached to an aromatic ring is 1. The van der Waals surface area contributed by atoms with Gasteiger partial charge in [0.05, 0.1) is 11.9 Å². The Morgan fingerprint density at radius 1 is 1.12 bits per heavy atom. The van der Waals surface area contributed by atoms with Crippen LogP contribution in [0.4, 0.5) is 20.3 Å². The molecule has 0 saturated heterocycles. The van der Waals surface area contributed by atoms with Crippen LogP contribution in [0.5, 0.6) is 0 Å². The lowest BCUT2D eigenvalue weighted by atomic mass is 10.1. The highest BCUT2D eigenvalue weighted by Gasteiger charge is 2.25. The van der Waals surface area contributed by atoms with E-state index in [9.17, 15) is 13.6 Å². The molecule has 6 nitrogen and oxygen atoms in total. The van der Waals surface area contributed by atoms with E-state index < -0.39 is 24.0 Å². The summed E-state index contributed by atoms with van der Waals surface area (Å²) >= 11 is 5.63. The quantitative estimate of drug-likeness (QED) is 0.472. The number of hydrogen-bond acceptors (Lipinski definition) is 4. The summed E-state index contributed by atoms with van der Waals surface area (Å²) in [6, 6.07) is 9.13. The molecule has 2 aromatic carbocycles. The van der Waals surface area contributed by atoms with Crippen molar-refractivity contribution in [3.05, 3.63) is 76.2 Å². The summed E-state index contributed by atoms with van der Waals surface area (Å²) in [5.41, 5.74) is 11.2. The Morgan fingerprint density at radius 3 is 2.56 bits per heavy atom. The number of rotatable bonds is 4.